The molecule has 2 N–H and O–H groups in total. The van der Waals surface area contributed by atoms with Gasteiger partial charge in [-0.1, -0.05) is 12.1 Å². The van der Waals surface area contributed by atoms with Crippen molar-refractivity contribution in [2.75, 3.05) is 5.75 Å². The lowest BCUT2D eigenvalue weighted by Crippen LogP contribution is -2.24. The van der Waals surface area contributed by atoms with Crippen LogP contribution in [0.1, 0.15) is 28.2 Å². The number of H-pyrrole nitrogens is 1. The number of nitrogens with zero attached hydrogens (tertiary/aromatic N) is 1. The zero-order chi connectivity index (χ0) is 18.8. The van der Waals surface area contributed by atoms with Gasteiger partial charge in [0, 0.05) is 11.4 Å². The zero-order valence-corrected chi connectivity index (χ0v) is 16.1. The maximum absolute atomic E-state index is 12.9. The van der Waals surface area contributed by atoms with Gasteiger partial charge in [0.15, 0.2) is 0 Å². The van der Waals surface area contributed by atoms with E-state index in [2.05, 4.69) is 15.3 Å². The smallest absolute Gasteiger partial charge is 0.259 e. The molecule has 2 heterocycles. The first-order valence-electron chi connectivity index (χ1n) is 8.72. The number of nitrogens with one attached hydrogen (secondary N) is 2. The van der Waals surface area contributed by atoms with Gasteiger partial charge < -0.3 is 10.3 Å². The Morgan fingerprint density at radius 1 is 1.30 bits per heavy atom. The predicted molar refractivity (Wildman–Crippen MR) is 107 cm³/mol. The molecule has 1 aliphatic rings. The number of carbonyl (C=O) groups excluding carboxylic acids is 1. The fourth-order valence-corrected chi connectivity index (χ4v) is 5.21. The fourth-order valence-electron chi connectivity index (χ4n) is 3.21. The van der Waals surface area contributed by atoms with Crippen molar-refractivity contribution in [3.63, 3.8) is 0 Å². The van der Waals surface area contributed by atoms with Crippen LogP contribution in [0, 0.1) is 5.82 Å². The van der Waals surface area contributed by atoms with Crippen LogP contribution in [0.4, 0.5) is 4.39 Å². The Morgan fingerprint density at radius 2 is 2.11 bits per heavy atom. The standard InChI is InChI=1S/C19H18FN3O2S2/c20-12-6-4-11(5-7-12)8-21-16(24)10-26-9-15-22-18(25)17-13-2-1-3-14(13)27-19(17)23-15/h4-7H,1-3,8-10H2,(H,21,24)(H,22,23,25). The first-order chi connectivity index (χ1) is 13.1. The molecule has 1 aromatic carbocycles. The second-order valence-electron chi connectivity index (χ2n) is 6.45. The Morgan fingerprint density at radius 3 is 2.93 bits per heavy atom. The maximum Gasteiger partial charge on any atom is 0.259 e. The number of benzene rings is 1. The van der Waals surface area contributed by atoms with Gasteiger partial charge in [-0.25, -0.2) is 9.37 Å². The molecule has 1 aliphatic carbocycles. The number of fused-ring (bicyclic) bond motifs is 3. The SMILES string of the molecule is O=C(CSCc1nc2sc3c(c2c(=O)[nH]1)CCC3)NCc1ccc(F)cc1. The first-order valence-corrected chi connectivity index (χ1v) is 10.7. The second-order valence-corrected chi connectivity index (χ2v) is 8.52. The highest BCUT2D eigenvalue weighted by molar-refractivity contribution is 7.99. The van der Waals surface area contributed by atoms with Crippen LogP contribution in [0.2, 0.25) is 0 Å². The number of amides is 1. The minimum absolute atomic E-state index is 0.0734. The average Bonchev–Trinajstić information content (AvgIpc) is 3.22. The van der Waals surface area contributed by atoms with E-state index in [0.717, 1.165) is 35.0 Å². The van der Waals surface area contributed by atoms with Gasteiger partial charge in [-0.3, -0.25) is 9.59 Å². The molecule has 0 atom stereocenters. The summed E-state index contributed by atoms with van der Waals surface area (Å²) in [6, 6.07) is 6.03. The Kier molecular flexibility index (Phi) is 5.27. The molecular formula is C19H18FN3O2S2. The topological polar surface area (TPSA) is 74.8 Å². The number of thiophene rings is 1. The molecule has 0 spiro atoms. The monoisotopic (exact) mass is 403 g/mol. The van der Waals surface area contributed by atoms with Gasteiger partial charge in [0.25, 0.3) is 5.56 Å². The van der Waals surface area contributed by atoms with Crippen molar-refractivity contribution in [3.8, 4) is 0 Å². The summed E-state index contributed by atoms with van der Waals surface area (Å²) in [5.74, 6) is 0.934. The molecule has 5 nitrogen and oxygen atoms in total. The molecular weight excluding hydrogens is 385 g/mol. The molecule has 0 saturated heterocycles. The van der Waals surface area contributed by atoms with E-state index < -0.39 is 0 Å². The number of aromatic nitrogens is 2. The predicted octanol–water partition coefficient (Wildman–Crippen LogP) is 3.16. The number of hydrogen-bond donors (Lipinski definition) is 2. The summed E-state index contributed by atoms with van der Waals surface area (Å²) in [5, 5.41) is 3.55. The lowest BCUT2D eigenvalue weighted by Gasteiger charge is -2.05. The van der Waals surface area contributed by atoms with Crippen LogP contribution in [-0.4, -0.2) is 21.6 Å². The molecule has 1 amide bonds. The molecule has 4 rings (SSSR count). The number of hydrogen-bond acceptors (Lipinski definition) is 5. The largest absolute Gasteiger partial charge is 0.351 e. The van der Waals surface area contributed by atoms with Gasteiger partial charge in [0.1, 0.15) is 16.5 Å². The summed E-state index contributed by atoms with van der Waals surface area (Å²) in [7, 11) is 0. The average molecular weight is 404 g/mol. The third kappa shape index (κ3) is 4.06. The van der Waals surface area contributed by atoms with E-state index >= 15 is 0 Å². The van der Waals surface area contributed by atoms with Gasteiger partial charge >= 0.3 is 0 Å². The fraction of sp³-hybridized carbons (Fsp3) is 0.316. The number of rotatable bonds is 6. The summed E-state index contributed by atoms with van der Waals surface area (Å²) in [6.45, 7) is 0.363. The Labute approximate surface area is 163 Å². The third-order valence-corrected chi connectivity index (χ3v) is 6.63. The number of aromatic amines is 1. The highest BCUT2D eigenvalue weighted by Crippen LogP contribution is 2.34. The van der Waals surface area contributed by atoms with Crippen LogP contribution < -0.4 is 10.9 Å². The van der Waals surface area contributed by atoms with Crippen molar-refractivity contribution < 1.29 is 9.18 Å². The molecule has 3 aromatic rings. The summed E-state index contributed by atoms with van der Waals surface area (Å²) in [5.41, 5.74) is 1.94. The summed E-state index contributed by atoms with van der Waals surface area (Å²) < 4.78 is 12.9. The Balaban J connectivity index is 1.31. The van der Waals surface area contributed by atoms with Crippen molar-refractivity contribution >= 4 is 39.2 Å². The lowest BCUT2D eigenvalue weighted by atomic mass is 10.2. The van der Waals surface area contributed by atoms with Crippen molar-refractivity contribution in [2.45, 2.75) is 31.6 Å². The van der Waals surface area contributed by atoms with E-state index in [1.165, 1.54) is 34.3 Å². The second kappa shape index (κ2) is 7.82. The normalized spacial score (nSPS) is 13.1. The summed E-state index contributed by atoms with van der Waals surface area (Å²) in [6.07, 6.45) is 3.11. The Hall–Kier alpha value is -2.19. The lowest BCUT2D eigenvalue weighted by molar-refractivity contribution is -0.118. The quantitative estimate of drug-likeness (QED) is 0.663. The van der Waals surface area contributed by atoms with E-state index in [1.807, 2.05) is 0 Å². The maximum atomic E-state index is 12.9. The minimum Gasteiger partial charge on any atom is -0.351 e. The molecule has 2 aromatic heterocycles. The van der Waals surface area contributed by atoms with Gasteiger partial charge in [0.05, 0.1) is 16.9 Å². The van der Waals surface area contributed by atoms with Crippen LogP contribution in [0.3, 0.4) is 0 Å². The van der Waals surface area contributed by atoms with Gasteiger partial charge in [-0.2, -0.15) is 0 Å². The van der Waals surface area contributed by atoms with Crippen LogP contribution in [0.25, 0.3) is 10.2 Å². The molecule has 0 radical (unpaired) electrons. The third-order valence-electron chi connectivity index (χ3n) is 4.50. The minimum atomic E-state index is -0.296. The molecule has 27 heavy (non-hydrogen) atoms. The van der Waals surface area contributed by atoms with Crippen LogP contribution in [-0.2, 0) is 29.9 Å². The highest BCUT2D eigenvalue weighted by Gasteiger charge is 2.21. The molecule has 8 heteroatoms. The van der Waals surface area contributed by atoms with Gasteiger partial charge in [0.2, 0.25) is 5.91 Å². The zero-order valence-electron chi connectivity index (χ0n) is 14.5. The van der Waals surface area contributed by atoms with E-state index in [0.29, 0.717) is 18.1 Å². The summed E-state index contributed by atoms with van der Waals surface area (Å²) >= 11 is 3.01. The first kappa shape index (κ1) is 18.2. The van der Waals surface area contributed by atoms with Crippen LogP contribution in [0.5, 0.6) is 0 Å². The molecule has 0 unspecified atom stereocenters. The Bertz CT molecular complexity index is 1040. The van der Waals surface area contributed by atoms with E-state index in [-0.39, 0.29) is 23.0 Å². The number of aryl methyl sites for hydroxylation is 2. The van der Waals surface area contributed by atoms with Crippen LogP contribution >= 0.6 is 23.1 Å². The van der Waals surface area contributed by atoms with Crippen molar-refractivity contribution in [2.24, 2.45) is 0 Å². The van der Waals surface area contributed by atoms with Crippen molar-refractivity contribution in [3.05, 3.63) is 62.3 Å². The van der Waals surface area contributed by atoms with E-state index in [4.69, 9.17) is 0 Å². The number of halogens is 1. The molecule has 140 valence electrons. The number of carbonyl (C=O) groups is 1. The summed E-state index contributed by atoms with van der Waals surface area (Å²) in [4.78, 5) is 33.9. The highest BCUT2D eigenvalue weighted by atomic mass is 32.2. The number of thioether (sulfide) groups is 1. The van der Waals surface area contributed by atoms with Crippen molar-refractivity contribution in [1.29, 1.82) is 0 Å². The molecule has 0 fully saturated rings. The van der Waals surface area contributed by atoms with Crippen molar-refractivity contribution in [1.82, 2.24) is 15.3 Å². The molecule has 0 saturated carbocycles. The molecule has 0 aliphatic heterocycles. The van der Waals surface area contributed by atoms with E-state index in [9.17, 15) is 14.0 Å². The van der Waals surface area contributed by atoms with Gasteiger partial charge in [-0.05, 0) is 42.5 Å². The van der Waals surface area contributed by atoms with Gasteiger partial charge in [-0.15, -0.1) is 23.1 Å². The molecule has 0 bridgehead atoms. The van der Waals surface area contributed by atoms with E-state index in [1.54, 1.807) is 23.5 Å². The van der Waals surface area contributed by atoms with Crippen LogP contribution in [0.15, 0.2) is 29.1 Å².